The first-order chi connectivity index (χ1) is 9.86. The summed E-state index contributed by atoms with van der Waals surface area (Å²) < 4.78 is -0.225. The van der Waals surface area contributed by atoms with Gasteiger partial charge in [0.2, 0.25) is 0 Å². The van der Waals surface area contributed by atoms with Crippen LogP contribution in [0.1, 0.15) is 44.7 Å². The lowest BCUT2D eigenvalue weighted by molar-refractivity contribution is 0.679. The van der Waals surface area contributed by atoms with E-state index in [1.165, 1.54) is 5.56 Å². The van der Waals surface area contributed by atoms with Crippen LogP contribution < -0.4 is 0 Å². The first-order valence-corrected chi connectivity index (χ1v) is 8.01. The second kappa shape index (κ2) is 8.20. The average molecular weight is 351 g/mol. The number of aliphatic imine (C=N–C) groups is 1. The Morgan fingerprint density at radius 1 is 1.33 bits per heavy atom. The number of rotatable bonds is 7. The van der Waals surface area contributed by atoms with Crippen LogP contribution in [0.4, 0.5) is 0 Å². The SMILES string of the molecule is Cc1ccc(C(=NC(C)C)C(C)(Br)CCCN=[N+]=[N-])cc1. The highest BCUT2D eigenvalue weighted by Crippen LogP contribution is 2.30. The largest absolute Gasteiger partial charge is 0.285 e. The molecule has 0 fully saturated rings. The van der Waals surface area contributed by atoms with Gasteiger partial charge in [0.15, 0.2) is 0 Å². The first-order valence-electron chi connectivity index (χ1n) is 7.22. The van der Waals surface area contributed by atoms with E-state index in [0.717, 1.165) is 24.1 Å². The third-order valence-corrected chi connectivity index (χ3v) is 3.95. The number of azide groups is 1. The molecule has 1 unspecified atom stereocenters. The Balaban J connectivity index is 3.01. The zero-order chi connectivity index (χ0) is 15.9. The van der Waals surface area contributed by atoms with E-state index in [-0.39, 0.29) is 10.4 Å². The topological polar surface area (TPSA) is 61.1 Å². The summed E-state index contributed by atoms with van der Waals surface area (Å²) in [5, 5.41) is 3.60. The molecule has 0 aromatic heterocycles. The van der Waals surface area contributed by atoms with Crippen LogP contribution in [0.3, 0.4) is 0 Å². The van der Waals surface area contributed by atoms with E-state index in [0.29, 0.717) is 6.54 Å². The highest BCUT2D eigenvalue weighted by Gasteiger charge is 2.28. The predicted octanol–water partition coefficient (Wildman–Crippen LogP) is 5.44. The molecule has 0 amide bonds. The second-order valence-corrected chi connectivity index (χ2v) is 7.44. The number of benzene rings is 1. The van der Waals surface area contributed by atoms with Crippen LogP contribution in [0.25, 0.3) is 10.4 Å². The lowest BCUT2D eigenvalue weighted by Crippen LogP contribution is -2.30. The molecule has 1 aromatic rings. The van der Waals surface area contributed by atoms with E-state index in [1.54, 1.807) is 0 Å². The highest BCUT2D eigenvalue weighted by molar-refractivity contribution is 9.10. The standard InChI is InChI=1S/C16H23BrN4/c1-12(2)20-15(14-8-6-13(3)7-9-14)16(4,17)10-5-11-19-21-18/h6-9,12H,5,10-11H2,1-4H3. The number of hydrogen-bond acceptors (Lipinski definition) is 2. The minimum atomic E-state index is -0.225. The molecule has 1 rings (SSSR count). The molecule has 0 saturated heterocycles. The first kappa shape index (κ1) is 17.7. The Morgan fingerprint density at radius 3 is 2.48 bits per heavy atom. The van der Waals surface area contributed by atoms with E-state index < -0.39 is 0 Å². The van der Waals surface area contributed by atoms with Crippen molar-refractivity contribution < 1.29 is 0 Å². The van der Waals surface area contributed by atoms with Gasteiger partial charge < -0.3 is 0 Å². The van der Waals surface area contributed by atoms with Gasteiger partial charge in [0, 0.05) is 17.5 Å². The average Bonchev–Trinajstić information content (AvgIpc) is 2.42. The Kier molecular flexibility index (Phi) is 6.93. The van der Waals surface area contributed by atoms with Crippen molar-refractivity contribution in [1.29, 1.82) is 0 Å². The van der Waals surface area contributed by atoms with Gasteiger partial charge in [-0.3, -0.25) is 4.99 Å². The Morgan fingerprint density at radius 2 is 1.95 bits per heavy atom. The van der Waals surface area contributed by atoms with Crippen LogP contribution in [0, 0.1) is 6.92 Å². The maximum absolute atomic E-state index is 8.35. The normalized spacial score (nSPS) is 14.7. The molecule has 4 nitrogen and oxygen atoms in total. The molecule has 1 atom stereocenters. The van der Waals surface area contributed by atoms with Crippen LogP contribution in [0.15, 0.2) is 34.4 Å². The van der Waals surface area contributed by atoms with Gasteiger partial charge >= 0.3 is 0 Å². The molecule has 0 radical (unpaired) electrons. The van der Waals surface area contributed by atoms with Crippen molar-refractivity contribution in [2.45, 2.75) is 50.9 Å². The fourth-order valence-electron chi connectivity index (χ4n) is 2.12. The van der Waals surface area contributed by atoms with E-state index >= 15 is 0 Å². The van der Waals surface area contributed by atoms with Crippen molar-refractivity contribution in [3.63, 3.8) is 0 Å². The van der Waals surface area contributed by atoms with Crippen LogP contribution in [-0.4, -0.2) is 22.6 Å². The molecule has 21 heavy (non-hydrogen) atoms. The minimum Gasteiger partial charge on any atom is -0.285 e. The number of nitrogens with zero attached hydrogens (tertiary/aromatic N) is 4. The quantitative estimate of drug-likeness (QED) is 0.157. The Bertz CT molecular complexity index is 526. The van der Waals surface area contributed by atoms with E-state index in [1.807, 2.05) is 0 Å². The minimum absolute atomic E-state index is 0.225. The van der Waals surface area contributed by atoms with Crippen LogP contribution in [-0.2, 0) is 0 Å². The van der Waals surface area contributed by atoms with E-state index in [4.69, 9.17) is 10.5 Å². The molecule has 0 spiro atoms. The molecule has 0 aliphatic heterocycles. The lowest BCUT2D eigenvalue weighted by Gasteiger charge is -2.26. The molecule has 0 aliphatic rings. The Hall–Kier alpha value is -1.32. The smallest absolute Gasteiger partial charge is 0.0651 e. The van der Waals surface area contributed by atoms with E-state index in [9.17, 15) is 0 Å². The molecular weight excluding hydrogens is 328 g/mol. The molecule has 1 aromatic carbocycles. The predicted molar refractivity (Wildman–Crippen MR) is 93.4 cm³/mol. The number of halogens is 1. The van der Waals surface area contributed by atoms with Crippen molar-refractivity contribution in [2.24, 2.45) is 10.1 Å². The zero-order valence-electron chi connectivity index (χ0n) is 13.2. The van der Waals surface area contributed by atoms with Gasteiger partial charge in [0.05, 0.1) is 10.0 Å². The molecule has 0 heterocycles. The molecule has 0 bridgehead atoms. The second-order valence-electron chi connectivity index (χ2n) is 5.69. The number of hydrogen-bond donors (Lipinski definition) is 0. The van der Waals surface area contributed by atoms with Gasteiger partial charge in [0.25, 0.3) is 0 Å². The van der Waals surface area contributed by atoms with Gasteiger partial charge in [-0.1, -0.05) is 50.9 Å². The molecule has 0 saturated carbocycles. The fraction of sp³-hybridized carbons (Fsp3) is 0.562. The van der Waals surface area contributed by atoms with Gasteiger partial charge in [0.1, 0.15) is 0 Å². The van der Waals surface area contributed by atoms with Gasteiger partial charge in [-0.25, -0.2) is 0 Å². The zero-order valence-corrected chi connectivity index (χ0v) is 14.8. The molecule has 114 valence electrons. The lowest BCUT2D eigenvalue weighted by atomic mass is 9.93. The maximum atomic E-state index is 8.35. The van der Waals surface area contributed by atoms with Crippen molar-refractivity contribution in [1.82, 2.24) is 0 Å². The number of alkyl halides is 1. The molecule has 0 aliphatic carbocycles. The third kappa shape index (κ3) is 5.90. The maximum Gasteiger partial charge on any atom is 0.0651 e. The summed E-state index contributed by atoms with van der Waals surface area (Å²) in [6.07, 6.45) is 1.69. The summed E-state index contributed by atoms with van der Waals surface area (Å²) in [4.78, 5) is 7.61. The number of aryl methyl sites for hydroxylation is 1. The van der Waals surface area contributed by atoms with Crippen LogP contribution in [0.5, 0.6) is 0 Å². The molecular formula is C16H23BrN4. The van der Waals surface area contributed by atoms with Crippen molar-refractivity contribution in [2.75, 3.05) is 6.54 Å². The van der Waals surface area contributed by atoms with Crippen LogP contribution >= 0.6 is 15.9 Å². The van der Waals surface area contributed by atoms with E-state index in [2.05, 4.69) is 77.9 Å². The molecule has 5 heteroatoms. The third-order valence-electron chi connectivity index (χ3n) is 3.17. The van der Waals surface area contributed by atoms with Crippen molar-refractivity contribution in [3.05, 3.63) is 45.8 Å². The monoisotopic (exact) mass is 350 g/mol. The summed E-state index contributed by atoms with van der Waals surface area (Å²) in [6.45, 7) is 8.88. The van der Waals surface area contributed by atoms with Gasteiger partial charge in [-0.05, 0) is 51.6 Å². The Labute approximate surface area is 135 Å². The summed E-state index contributed by atoms with van der Waals surface area (Å²) >= 11 is 3.82. The molecule has 0 N–H and O–H groups in total. The van der Waals surface area contributed by atoms with Gasteiger partial charge in [-0.15, -0.1) is 0 Å². The van der Waals surface area contributed by atoms with Crippen molar-refractivity contribution in [3.8, 4) is 0 Å². The summed E-state index contributed by atoms with van der Waals surface area (Å²) in [7, 11) is 0. The van der Waals surface area contributed by atoms with Crippen molar-refractivity contribution >= 4 is 21.6 Å². The van der Waals surface area contributed by atoms with Crippen LogP contribution in [0.2, 0.25) is 0 Å². The highest BCUT2D eigenvalue weighted by atomic mass is 79.9. The summed E-state index contributed by atoms with van der Waals surface area (Å²) in [5.74, 6) is 0. The van der Waals surface area contributed by atoms with Gasteiger partial charge in [-0.2, -0.15) is 0 Å². The summed E-state index contributed by atoms with van der Waals surface area (Å²) in [5.41, 5.74) is 11.8. The fourth-order valence-corrected chi connectivity index (χ4v) is 2.74. The summed E-state index contributed by atoms with van der Waals surface area (Å²) in [6, 6.07) is 8.67.